The first kappa shape index (κ1) is 14.7. The Kier molecular flexibility index (Phi) is 4.91. The number of aryl methyl sites for hydroxylation is 1. The van der Waals surface area contributed by atoms with Gasteiger partial charge in [0.2, 0.25) is 10.4 Å². The lowest BCUT2D eigenvalue weighted by molar-refractivity contribution is 0.288. The second-order valence-electron chi connectivity index (χ2n) is 3.81. The molecule has 7 nitrogen and oxygen atoms in total. The number of halogens is 1. The summed E-state index contributed by atoms with van der Waals surface area (Å²) >= 11 is 6.89. The van der Waals surface area contributed by atoms with Gasteiger partial charge in [0.05, 0.1) is 6.61 Å². The highest BCUT2D eigenvalue weighted by atomic mass is 35.5. The van der Waals surface area contributed by atoms with Crippen LogP contribution in [0.3, 0.4) is 0 Å². The molecule has 9 heteroatoms. The Labute approximate surface area is 124 Å². The van der Waals surface area contributed by atoms with Crippen LogP contribution < -0.4 is 10.3 Å². The van der Waals surface area contributed by atoms with Crippen molar-refractivity contribution in [2.75, 3.05) is 6.61 Å². The Morgan fingerprint density at radius 1 is 1.35 bits per heavy atom. The average molecular weight is 314 g/mol. The van der Waals surface area contributed by atoms with E-state index >= 15 is 0 Å². The molecule has 0 bridgehead atoms. The molecule has 2 aromatic heterocycles. The molecule has 0 unspecified atom stereocenters. The molecule has 2 aromatic rings. The van der Waals surface area contributed by atoms with Crippen LogP contribution in [0.1, 0.15) is 19.0 Å². The van der Waals surface area contributed by atoms with E-state index in [1.165, 1.54) is 6.07 Å². The number of aromatic amines is 1. The normalized spacial score (nSPS) is 10.6. The predicted octanol–water partition coefficient (Wildman–Crippen LogP) is 1.86. The molecular formula is C11H12ClN5O2S. The van der Waals surface area contributed by atoms with Gasteiger partial charge in [-0.25, -0.2) is 4.98 Å². The number of hydrogen-bond donors (Lipinski definition) is 1. The number of rotatable bonds is 5. The number of ether oxygens (including phenoxy) is 1. The van der Waals surface area contributed by atoms with Crippen molar-refractivity contribution in [2.24, 2.45) is 0 Å². The molecule has 0 aliphatic rings. The van der Waals surface area contributed by atoms with Crippen LogP contribution in [-0.4, -0.2) is 31.5 Å². The zero-order chi connectivity index (χ0) is 14.5. The van der Waals surface area contributed by atoms with Gasteiger partial charge < -0.3 is 9.72 Å². The minimum atomic E-state index is -0.234. The maximum absolute atomic E-state index is 11.4. The van der Waals surface area contributed by atoms with E-state index in [2.05, 4.69) is 24.9 Å². The summed E-state index contributed by atoms with van der Waals surface area (Å²) in [5.41, 5.74) is 0.376. The van der Waals surface area contributed by atoms with Gasteiger partial charge in [-0.3, -0.25) is 4.79 Å². The van der Waals surface area contributed by atoms with E-state index in [4.69, 9.17) is 16.3 Å². The first-order valence-corrected chi connectivity index (χ1v) is 7.06. The lowest BCUT2D eigenvalue weighted by atomic mass is 10.5. The molecule has 2 heterocycles. The van der Waals surface area contributed by atoms with Gasteiger partial charge in [0, 0.05) is 11.8 Å². The van der Waals surface area contributed by atoms with E-state index in [0.29, 0.717) is 22.6 Å². The SMILES string of the molecule is CCCOc1nc(Cl)nc(Sc2nc(C)cc(=O)[nH]2)n1. The summed E-state index contributed by atoms with van der Waals surface area (Å²) < 4.78 is 5.31. The summed E-state index contributed by atoms with van der Waals surface area (Å²) in [6, 6.07) is 1.56. The maximum atomic E-state index is 11.4. The van der Waals surface area contributed by atoms with Crippen molar-refractivity contribution in [2.45, 2.75) is 30.6 Å². The van der Waals surface area contributed by atoms with Gasteiger partial charge in [0.1, 0.15) is 0 Å². The third kappa shape index (κ3) is 4.17. The van der Waals surface area contributed by atoms with Gasteiger partial charge >= 0.3 is 6.01 Å². The number of aromatic nitrogens is 5. The minimum absolute atomic E-state index is 0.0311. The smallest absolute Gasteiger partial charge is 0.321 e. The molecule has 0 fully saturated rings. The topological polar surface area (TPSA) is 93.6 Å². The van der Waals surface area contributed by atoms with E-state index in [1.54, 1.807) is 6.92 Å². The minimum Gasteiger partial charge on any atom is -0.463 e. The van der Waals surface area contributed by atoms with Crippen molar-refractivity contribution in [3.8, 4) is 6.01 Å². The lowest BCUT2D eigenvalue weighted by Gasteiger charge is -2.04. The van der Waals surface area contributed by atoms with Crippen molar-refractivity contribution in [3.05, 3.63) is 27.4 Å². The van der Waals surface area contributed by atoms with Crippen LogP contribution in [0.4, 0.5) is 0 Å². The summed E-state index contributed by atoms with van der Waals surface area (Å²) in [5, 5.41) is 0.729. The number of nitrogens with one attached hydrogen (secondary N) is 1. The average Bonchev–Trinajstić information content (AvgIpc) is 2.34. The third-order valence-corrected chi connectivity index (χ3v) is 2.96. The molecule has 1 N–H and O–H groups in total. The molecular weight excluding hydrogens is 302 g/mol. The second-order valence-corrected chi connectivity index (χ2v) is 5.11. The Morgan fingerprint density at radius 2 is 2.15 bits per heavy atom. The molecule has 2 rings (SSSR count). The van der Waals surface area contributed by atoms with Gasteiger partial charge in [-0.15, -0.1) is 0 Å². The van der Waals surface area contributed by atoms with Gasteiger partial charge in [0.25, 0.3) is 5.56 Å². The van der Waals surface area contributed by atoms with Crippen molar-refractivity contribution < 1.29 is 4.74 Å². The Hall–Kier alpha value is -1.67. The highest BCUT2D eigenvalue weighted by Crippen LogP contribution is 2.22. The highest BCUT2D eigenvalue weighted by Gasteiger charge is 2.09. The summed E-state index contributed by atoms with van der Waals surface area (Å²) in [5.74, 6) is 0. The van der Waals surface area contributed by atoms with E-state index in [1.807, 2.05) is 6.92 Å². The van der Waals surface area contributed by atoms with Gasteiger partial charge in [-0.1, -0.05) is 6.92 Å². The zero-order valence-corrected chi connectivity index (χ0v) is 12.5. The molecule has 0 spiro atoms. The van der Waals surface area contributed by atoms with Crippen molar-refractivity contribution in [1.82, 2.24) is 24.9 Å². The van der Waals surface area contributed by atoms with Gasteiger partial charge in [-0.05, 0) is 36.7 Å². The van der Waals surface area contributed by atoms with Crippen LogP contribution in [0.15, 0.2) is 21.2 Å². The Balaban J connectivity index is 2.23. The monoisotopic (exact) mass is 313 g/mol. The molecule has 0 aliphatic heterocycles. The fraction of sp³-hybridized carbons (Fsp3) is 0.364. The van der Waals surface area contributed by atoms with Crippen LogP contribution in [0.5, 0.6) is 6.01 Å². The van der Waals surface area contributed by atoms with E-state index in [9.17, 15) is 4.79 Å². The Morgan fingerprint density at radius 3 is 2.85 bits per heavy atom. The van der Waals surface area contributed by atoms with Crippen molar-refractivity contribution in [1.29, 1.82) is 0 Å². The fourth-order valence-corrected chi connectivity index (χ4v) is 2.28. The summed E-state index contributed by atoms with van der Waals surface area (Å²) in [7, 11) is 0. The molecule has 20 heavy (non-hydrogen) atoms. The van der Waals surface area contributed by atoms with Crippen LogP contribution in [-0.2, 0) is 0 Å². The van der Waals surface area contributed by atoms with E-state index in [-0.39, 0.29) is 16.9 Å². The van der Waals surface area contributed by atoms with Gasteiger partial charge in [0.15, 0.2) is 5.16 Å². The van der Waals surface area contributed by atoms with Gasteiger partial charge in [-0.2, -0.15) is 15.0 Å². The molecule has 0 radical (unpaired) electrons. The largest absolute Gasteiger partial charge is 0.463 e. The molecule has 0 saturated heterocycles. The van der Waals surface area contributed by atoms with Crippen molar-refractivity contribution in [3.63, 3.8) is 0 Å². The van der Waals surface area contributed by atoms with Crippen LogP contribution in [0.25, 0.3) is 0 Å². The zero-order valence-electron chi connectivity index (χ0n) is 10.9. The summed E-state index contributed by atoms with van der Waals surface area (Å²) in [4.78, 5) is 30.1. The standard InChI is InChI=1S/C11H12ClN5O2S/c1-3-4-19-9-15-8(12)16-11(17-9)20-10-13-6(2)5-7(18)14-10/h5H,3-4H2,1-2H3,(H,13,14,18). The predicted molar refractivity (Wildman–Crippen MR) is 74.3 cm³/mol. The third-order valence-electron chi connectivity index (χ3n) is 2.04. The van der Waals surface area contributed by atoms with E-state index in [0.717, 1.165) is 18.2 Å². The van der Waals surface area contributed by atoms with Crippen molar-refractivity contribution >= 4 is 23.4 Å². The molecule has 106 valence electrons. The lowest BCUT2D eigenvalue weighted by Crippen LogP contribution is -2.08. The molecule has 0 atom stereocenters. The molecule has 0 saturated carbocycles. The highest BCUT2D eigenvalue weighted by molar-refractivity contribution is 7.99. The van der Waals surface area contributed by atoms with E-state index < -0.39 is 0 Å². The molecule has 0 aliphatic carbocycles. The maximum Gasteiger partial charge on any atom is 0.321 e. The Bertz CT molecular complexity index is 664. The van der Waals surface area contributed by atoms with Crippen LogP contribution in [0, 0.1) is 6.92 Å². The first-order chi connectivity index (χ1) is 9.56. The summed E-state index contributed by atoms with van der Waals surface area (Å²) in [6.07, 6.45) is 0.832. The quantitative estimate of drug-likeness (QED) is 0.842. The molecule has 0 aromatic carbocycles. The first-order valence-electron chi connectivity index (χ1n) is 5.87. The number of nitrogens with zero attached hydrogens (tertiary/aromatic N) is 4. The second kappa shape index (κ2) is 6.67. The van der Waals surface area contributed by atoms with Crippen LogP contribution >= 0.6 is 23.4 Å². The number of hydrogen-bond acceptors (Lipinski definition) is 7. The van der Waals surface area contributed by atoms with Crippen LogP contribution in [0.2, 0.25) is 5.28 Å². The summed E-state index contributed by atoms with van der Waals surface area (Å²) in [6.45, 7) is 4.19. The number of H-pyrrole nitrogens is 1. The fourth-order valence-electron chi connectivity index (χ4n) is 1.30. The molecule has 0 amide bonds.